The van der Waals surface area contributed by atoms with Crippen LogP contribution in [0.15, 0.2) is 42.5 Å². The molecule has 0 spiro atoms. The largest absolute Gasteiger partial charge is 0.479 e. The zero-order valence-electron chi connectivity index (χ0n) is 13.7. The van der Waals surface area contributed by atoms with E-state index < -0.39 is 6.10 Å². The van der Waals surface area contributed by atoms with Crippen molar-refractivity contribution in [3.63, 3.8) is 0 Å². The van der Waals surface area contributed by atoms with Gasteiger partial charge in [-0.05, 0) is 37.3 Å². The molecule has 25 heavy (non-hydrogen) atoms. The van der Waals surface area contributed by atoms with Crippen LogP contribution in [0.4, 0.5) is 0 Å². The third-order valence-corrected chi connectivity index (χ3v) is 5.18. The SMILES string of the molecule is CC(Oc1ccc(Cl)cc1Cl)C(=O)N(C)Cc1nc2ccccc2s1. The Balaban J connectivity index is 1.66. The summed E-state index contributed by atoms with van der Waals surface area (Å²) in [7, 11) is 1.73. The number of hydrogen-bond acceptors (Lipinski definition) is 4. The van der Waals surface area contributed by atoms with E-state index in [1.807, 2.05) is 24.3 Å². The molecule has 0 radical (unpaired) electrons. The quantitative estimate of drug-likeness (QED) is 0.609. The van der Waals surface area contributed by atoms with E-state index >= 15 is 0 Å². The van der Waals surface area contributed by atoms with Gasteiger partial charge < -0.3 is 9.64 Å². The minimum atomic E-state index is -0.668. The summed E-state index contributed by atoms with van der Waals surface area (Å²) in [6.07, 6.45) is -0.668. The van der Waals surface area contributed by atoms with Crippen LogP contribution in [0.1, 0.15) is 11.9 Å². The van der Waals surface area contributed by atoms with Crippen molar-refractivity contribution in [2.24, 2.45) is 0 Å². The van der Waals surface area contributed by atoms with Crippen LogP contribution >= 0.6 is 34.5 Å². The smallest absolute Gasteiger partial charge is 0.263 e. The van der Waals surface area contributed by atoms with Gasteiger partial charge in [0, 0.05) is 12.1 Å². The number of rotatable bonds is 5. The fourth-order valence-corrected chi connectivity index (χ4v) is 3.86. The molecule has 130 valence electrons. The van der Waals surface area contributed by atoms with E-state index in [0.29, 0.717) is 22.3 Å². The molecule has 0 aliphatic rings. The molecule has 0 saturated carbocycles. The van der Waals surface area contributed by atoms with Gasteiger partial charge in [-0.1, -0.05) is 35.3 Å². The van der Waals surface area contributed by atoms with Crippen molar-refractivity contribution in [3.8, 4) is 5.75 Å². The van der Waals surface area contributed by atoms with Crippen LogP contribution in [0.5, 0.6) is 5.75 Å². The highest BCUT2D eigenvalue weighted by Gasteiger charge is 2.21. The Morgan fingerprint density at radius 2 is 2.04 bits per heavy atom. The minimum Gasteiger partial charge on any atom is -0.479 e. The Kier molecular flexibility index (Phi) is 5.47. The second-order valence-corrected chi connectivity index (χ2v) is 7.56. The van der Waals surface area contributed by atoms with Gasteiger partial charge in [-0.15, -0.1) is 11.3 Å². The molecule has 1 unspecified atom stereocenters. The highest BCUT2D eigenvalue weighted by molar-refractivity contribution is 7.18. The minimum absolute atomic E-state index is 0.148. The van der Waals surface area contributed by atoms with Crippen molar-refractivity contribution in [1.29, 1.82) is 0 Å². The van der Waals surface area contributed by atoms with Crippen LogP contribution in [0, 0.1) is 0 Å². The molecule has 0 bridgehead atoms. The number of para-hydroxylation sites is 1. The van der Waals surface area contributed by atoms with Crippen molar-refractivity contribution in [2.75, 3.05) is 7.05 Å². The number of hydrogen-bond donors (Lipinski definition) is 0. The van der Waals surface area contributed by atoms with Crippen molar-refractivity contribution in [2.45, 2.75) is 19.6 Å². The van der Waals surface area contributed by atoms with Crippen LogP contribution in [0.2, 0.25) is 10.0 Å². The first-order chi connectivity index (χ1) is 11.9. The van der Waals surface area contributed by atoms with Gasteiger partial charge in [0.2, 0.25) is 0 Å². The Morgan fingerprint density at radius 3 is 2.76 bits per heavy atom. The predicted octanol–water partition coefficient (Wildman–Crippen LogP) is 5.03. The highest BCUT2D eigenvalue weighted by atomic mass is 35.5. The molecule has 3 rings (SSSR count). The lowest BCUT2D eigenvalue weighted by atomic mass is 10.3. The van der Waals surface area contributed by atoms with Crippen LogP contribution in [0.3, 0.4) is 0 Å². The fourth-order valence-electron chi connectivity index (χ4n) is 2.39. The molecule has 1 amide bonds. The van der Waals surface area contributed by atoms with Gasteiger partial charge in [0.25, 0.3) is 5.91 Å². The molecule has 0 aliphatic carbocycles. The van der Waals surface area contributed by atoms with E-state index in [0.717, 1.165) is 15.2 Å². The van der Waals surface area contributed by atoms with E-state index in [1.165, 1.54) is 0 Å². The van der Waals surface area contributed by atoms with Crippen molar-refractivity contribution in [3.05, 3.63) is 57.5 Å². The van der Waals surface area contributed by atoms with Crippen molar-refractivity contribution in [1.82, 2.24) is 9.88 Å². The Hall–Kier alpha value is -1.82. The Morgan fingerprint density at radius 1 is 1.28 bits per heavy atom. The molecule has 0 aliphatic heterocycles. The molecule has 3 aromatic rings. The number of carbonyl (C=O) groups is 1. The standard InChI is InChI=1S/C18H16Cl2N2O2S/c1-11(24-15-8-7-12(19)9-13(15)20)18(23)22(2)10-17-21-14-5-3-4-6-16(14)25-17/h3-9,11H,10H2,1-2H3. The molecule has 7 heteroatoms. The van der Waals surface area contributed by atoms with Crippen LogP contribution in [0.25, 0.3) is 10.2 Å². The fraction of sp³-hybridized carbons (Fsp3) is 0.222. The number of thiazole rings is 1. The molecule has 2 aromatic carbocycles. The summed E-state index contributed by atoms with van der Waals surface area (Å²) >= 11 is 13.5. The number of fused-ring (bicyclic) bond motifs is 1. The number of ether oxygens (including phenoxy) is 1. The summed E-state index contributed by atoms with van der Waals surface area (Å²) in [5.41, 5.74) is 0.945. The normalized spacial score (nSPS) is 12.2. The van der Waals surface area contributed by atoms with Gasteiger partial charge >= 0.3 is 0 Å². The molecule has 1 atom stereocenters. The van der Waals surface area contributed by atoms with E-state index in [1.54, 1.807) is 48.4 Å². The van der Waals surface area contributed by atoms with Crippen molar-refractivity contribution >= 4 is 50.7 Å². The average Bonchev–Trinajstić information content (AvgIpc) is 2.98. The third kappa shape index (κ3) is 4.24. The lowest BCUT2D eigenvalue weighted by Gasteiger charge is -2.21. The topological polar surface area (TPSA) is 42.4 Å². The summed E-state index contributed by atoms with van der Waals surface area (Å²) in [5.74, 6) is 0.283. The molecule has 0 N–H and O–H groups in total. The molecule has 0 saturated heterocycles. The average molecular weight is 395 g/mol. The Bertz CT molecular complexity index is 880. The van der Waals surface area contributed by atoms with E-state index in [-0.39, 0.29) is 5.91 Å². The zero-order chi connectivity index (χ0) is 18.0. The number of benzene rings is 2. The first-order valence-corrected chi connectivity index (χ1v) is 9.22. The number of aromatic nitrogens is 1. The third-order valence-electron chi connectivity index (χ3n) is 3.63. The number of nitrogens with zero attached hydrogens (tertiary/aromatic N) is 2. The number of halogens is 2. The van der Waals surface area contributed by atoms with E-state index in [4.69, 9.17) is 27.9 Å². The maximum atomic E-state index is 12.6. The molecular weight excluding hydrogens is 379 g/mol. The van der Waals surface area contributed by atoms with Crippen LogP contribution in [-0.2, 0) is 11.3 Å². The van der Waals surface area contributed by atoms with Gasteiger partial charge in [-0.3, -0.25) is 4.79 Å². The number of amides is 1. The maximum Gasteiger partial charge on any atom is 0.263 e. The second kappa shape index (κ2) is 7.60. The van der Waals surface area contributed by atoms with Gasteiger partial charge in [0.05, 0.1) is 21.8 Å². The second-order valence-electron chi connectivity index (χ2n) is 5.60. The van der Waals surface area contributed by atoms with Crippen LogP contribution < -0.4 is 4.74 Å². The Labute approximate surface area is 159 Å². The summed E-state index contributed by atoms with van der Waals surface area (Å²) in [6, 6.07) is 12.8. The first-order valence-electron chi connectivity index (χ1n) is 7.65. The highest BCUT2D eigenvalue weighted by Crippen LogP contribution is 2.28. The van der Waals surface area contributed by atoms with Gasteiger partial charge in [0.15, 0.2) is 6.10 Å². The zero-order valence-corrected chi connectivity index (χ0v) is 16.0. The summed E-state index contributed by atoms with van der Waals surface area (Å²) in [6.45, 7) is 2.13. The first kappa shape index (κ1) is 18.0. The lowest BCUT2D eigenvalue weighted by molar-refractivity contribution is -0.137. The number of carbonyl (C=O) groups excluding carboxylic acids is 1. The molecule has 4 nitrogen and oxygen atoms in total. The monoisotopic (exact) mass is 394 g/mol. The summed E-state index contributed by atoms with van der Waals surface area (Å²) in [5, 5.41) is 1.78. The summed E-state index contributed by atoms with van der Waals surface area (Å²) < 4.78 is 6.79. The molecular formula is C18H16Cl2N2O2S. The molecule has 1 aromatic heterocycles. The maximum absolute atomic E-state index is 12.6. The van der Waals surface area contributed by atoms with Crippen molar-refractivity contribution < 1.29 is 9.53 Å². The van der Waals surface area contributed by atoms with Gasteiger partial charge in [-0.25, -0.2) is 4.98 Å². The molecule has 0 fully saturated rings. The summed E-state index contributed by atoms with van der Waals surface area (Å²) in [4.78, 5) is 18.7. The van der Waals surface area contributed by atoms with Gasteiger partial charge in [-0.2, -0.15) is 0 Å². The van der Waals surface area contributed by atoms with E-state index in [9.17, 15) is 4.79 Å². The predicted molar refractivity (Wildman–Crippen MR) is 103 cm³/mol. The van der Waals surface area contributed by atoms with Gasteiger partial charge in [0.1, 0.15) is 10.8 Å². The number of likely N-dealkylation sites (N-methyl/N-ethyl adjacent to an activating group) is 1. The van der Waals surface area contributed by atoms with Crippen LogP contribution in [-0.4, -0.2) is 28.9 Å². The lowest BCUT2D eigenvalue weighted by Crippen LogP contribution is -2.37. The van der Waals surface area contributed by atoms with E-state index in [2.05, 4.69) is 4.98 Å². The molecule has 1 heterocycles.